The van der Waals surface area contributed by atoms with Gasteiger partial charge in [-0.3, -0.25) is 4.79 Å². The SMILES string of the molecule is Cc1oc(N2C3CCC2COC3)nc1C(=O)Nc1ccc(N2CCCCC2)c(F)c1. The maximum Gasteiger partial charge on any atom is 0.298 e. The van der Waals surface area contributed by atoms with Crippen LogP contribution in [0.25, 0.3) is 0 Å². The van der Waals surface area contributed by atoms with Crippen LogP contribution in [0.15, 0.2) is 22.6 Å². The first-order valence-corrected chi connectivity index (χ1v) is 10.8. The van der Waals surface area contributed by atoms with Gasteiger partial charge < -0.3 is 24.3 Å². The van der Waals surface area contributed by atoms with Gasteiger partial charge in [0.15, 0.2) is 5.69 Å². The highest BCUT2D eigenvalue weighted by Gasteiger charge is 2.40. The lowest BCUT2D eigenvalue weighted by molar-refractivity contribution is 0.0876. The summed E-state index contributed by atoms with van der Waals surface area (Å²) in [5.74, 6) is -0.260. The second-order valence-electron chi connectivity index (χ2n) is 8.40. The average molecular weight is 414 g/mol. The Morgan fingerprint density at radius 2 is 1.90 bits per heavy atom. The molecule has 8 heteroatoms. The Bertz CT molecular complexity index is 924. The summed E-state index contributed by atoms with van der Waals surface area (Å²) in [6.45, 7) is 4.78. The van der Waals surface area contributed by atoms with Crippen molar-refractivity contribution in [2.75, 3.05) is 41.4 Å². The number of ether oxygens (including phenoxy) is 1. The Balaban J connectivity index is 1.31. The third-order valence-corrected chi connectivity index (χ3v) is 6.36. The van der Waals surface area contributed by atoms with Crippen LogP contribution in [-0.2, 0) is 4.74 Å². The number of carbonyl (C=O) groups excluding carboxylic acids is 1. The van der Waals surface area contributed by atoms with Gasteiger partial charge in [0.05, 0.1) is 31.0 Å². The van der Waals surface area contributed by atoms with Crippen molar-refractivity contribution in [2.45, 2.75) is 51.1 Å². The number of hydrogen-bond donors (Lipinski definition) is 1. The fraction of sp³-hybridized carbons (Fsp3) is 0.545. The fourth-order valence-corrected chi connectivity index (χ4v) is 4.81. The second kappa shape index (κ2) is 7.91. The number of nitrogens with zero attached hydrogens (tertiary/aromatic N) is 3. The van der Waals surface area contributed by atoms with Crippen LogP contribution < -0.4 is 15.1 Å². The molecule has 2 bridgehead atoms. The monoisotopic (exact) mass is 414 g/mol. The summed E-state index contributed by atoms with van der Waals surface area (Å²) >= 11 is 0. The molecule has 2 aromatic rings. The molecule has 3 aliphatic rings. The van der Waals surface area contributed by atoms with Crippen molar-refractivity contribution in [2.24, 2.45) is 0 Å². The van der Waals surface area contributed by atoms with Crippen molar-refractivity contribution in [3.63, 3.8) is 0 Å². The van der Waals surface area contributed by atoms with Crippen LogP contribution in [0.5, 0.6) is 0 Å². The Morgan fingerprint density at radius 3 is 2.60 bits per heavy atom. The van der Waals surface area contributed by atoms with E-state index in [1.54, 1.807) is 19.1 Å². The highest BCUT2D eigenvalue weighted by Crippen LogP contribution is 2.34. The quantitative estimate of drug-likeness (QED) is 0.822. The number of aryl methyl sites for hydroxylation is 1. The van der Waals surface area contributed by atoms with E-state index in [-0.39, 0.29) is 23.6 Å². The first-order valence-electron chi connectivity index (χ1n) is 10.8. The topological polar surface area (TPSA) is 70.8 Å². The lowest BCUT2D eigenvalue weighted by Crippen LogP contribution is -2.46. The second-order valence-corrected chi connectivity index (χ2v) is 8.40. The van der Waals surface area contributed by atoms with Gasteiger partial charge in [-0.05, 0) is 57.2 Å². The fourth-order valence-electron chi connectivity index (χ4n) is 4.81. The van der Waals surface area contributed by atoms with Crippen LogP contribution in [-0.4, -0.2) is 49.3 Å². The molecule has 1 aromatic heterocycles. The molecule has 1 N–H and O–H groups in total. The molecule has 4 heterocycles. The van der Waals surface area contributed by atoms with Crippen LogP contribution in [0, 0.1) is 12.7 Å². The van der Waals surface area contributed by atoms with Gasteiger partial charge in [0.2, 0.25) is 0 Å². The highest BCUT2D eigenvalue weighted by atomic mass is 19.1. The zero-order valence-electron chi connectivity index (χ0n) is 17.2. The normalized spacial score (nSPS) is 23.7. The Morgan fingerprint density at radius 1 is 1.17 bits per heavy atom. The van der Waals surface area contributed by atoms with Crippen molar-refractivity contribution in [1.29, 1.82) is 0 Å². The summed E-state index contributed by atoms with van der Waals surface area (Å²) in [5.41, 5.74) is 1.24. The van der Waals surface area contributed by atoms with Crippen molar-refractivity contribution in [1.82, 2.24) is 4.98 Å². The minimum absolute atomic E-state index is 0.233. The minimum Gasteiger partial charge on any atom is -0.428 e. The number of hydrogen-bond acceptors (Lipinski definition) is 6. The molecule has 0 saturated carbocycles. The molecule has 1 amide bonds. The summed E-state index contributed by atoms with van der Waals surface area (Å²) in [4.78, 5) is 21.5. The third kappa shape index (κ3) is 3.53. The number of oxazole rings is 1. The number of piperidine rings is 1. The summed E-state index contributed by atoms with van der Waals surface area (Å²) < 4.78 is 26.1. The molecule has 0 radical (unpaired) electrons. The predicted octanol–water partition coefficient (Wildman–Crippen LogP) is 3.73. The lowest BCUT2D eigenvalue weighted by atomic mass is 10.1. The van der Waals surface area contributed by atoms with Crippen molar-refractivity contribution in [3.8, 4) is 0 Å². The Kier molecular flexibility index (Phi) is 5.10. The van der Waals surface area contributed by atoms with Gasteiger partial charge in [-0.25, -0.2) is 4.39 Å². The van der Waals surface area contributed by atoms with Crippen LogP contribution in [0.3, 0.4) is 0 Å². The molecule has 3 aliphatic heterocycles. The molecule has 3 fully saturated rings. The van der Waals surface area contributed by atoms with Gasteiger partial charge in [-0.15, -0.1) is 0 Å². The number of halogens is 1. The van der Waals surface area contributed by atoms with Crippen LogP contribution in [0.4, 0.5) is 21.8 Å². The Labute approximate surface area is 175 Å². The van der Waals surface area contributed by atoms with Crippen LogP contribution in [0.2, 0.25) is 0 Å². The number of aromatic nitrogens is 1. The van der Waals surface area contributed by atoms with Crippen LogP contribution >= 0.6 is 0 Å². The first kappa shape index (κ1) is 19.4. The van der Waals surface area contributed by atoms with Gasteiger partial charge in [-0.2, -0.15) is 4.98 Å². The molecule has 160 valence electrons. The standard InChI is InChI=1S/C22H27FN4O3/c1-14-20(25-22(30-14)27-16-6-7-17(27)13-29-12-16)21(28)24-15-5-8-19(18(23)11-15)26-9-3-2-4-10-26/h5,8,11,16-17H,2-4,6-7,9-10,12-13H2,1H3,(H,24,28). The molecular formula is C22H27FN4O3. The number of amides is 1. The molecule has 0 spiro atoms. The lowest BCUT2D eigenvalue weighted by Gasteiger charge is -2.33. The van der Waals surface area contributed by atoms with Crippen LogP contribution in [0.1, 0.15) is 48.4 Å². The zero-order chi connectivity index (χ0) is 20.7. The predicted molar refractivity (Wildman–Crippen MR) is 112 cm³/mol. The van der Waals surface area contributed by atoms with Crippen molar-refractivity contribution < 1.29 is 18.3 Å². The molecule has 1 aromatic carbocycles. The highest BCUT2D eigenvalue weighted by molar-refractivity contribution is 6.03. The number of fused-ring (bicyclic) bond motifs is 2. The zero-order valence-corrected chi connectivity index (χ0v) is 17.2. The number of rotatable bonds is 4. The summed E-state index contributed by atoms with van der Waals surface area (Å²) in [5, 5.41) is 2.76. The number of anilines is 3. The molecule has 30 heavy (non-hydrogen) atoms. The van der Waals surface area contributed by atoms with E-state index in [2.05, 4.69) is 20.1 Å². The van der Waals surface area contributed by atoms with E-state index >= 15 is 0 Å². The number of benzene rings is 1. The van der Waals surface area contributed by atoms with E-state index < -0.39 is 5.91 Å². The molecule has 2 unspecified atom stereocenters. The summed E-state index contributed by atoms with van der Waals surface area (Å²) in [7, 11) is 0. The third-order valence-electron chi connectivity index (χ3n) is 6.36. The van der Waals surface area contributed by atoms with E-state index in [4.69, 9.17) is 9.15 Å². The van der Waals surface area contributed by atoms with E-state index in [1.807, 2.05) is 0 Å². The van der Waals surface area contributed by atoms with Gasteiger partial charge >= 0.3 is 0 Å². The largest absolute Gasteiger partial charge is 0.428 e. The molecule has 0 aliphatic carbocycles. The van der Waals surface area contributed by atoms with Crippen molar-refractivity contribution in [3.05, 3.63) is 35.5 Å². The van der Waals surface area contributed by atoms with Gasteiger partial charge in [0, 0.05) is 18.8 Å². The van der Waals surface area contributed by atoms with E-state index in [9.17, 15) is 9.18 Å². The average Bonchev–Trinajstić information content (AvgIpc) is 3.24. The Hall–Kier alpha value is -2.61. The molecule has 2 atom stereocenters. The first-order chi connectivity index (χ1) is 14.6. The van der Waals surface area contributed by atoms with Gasteiger partial charge in [-0.1, -0.05) is 0 Å². The van der Waals surface area contributed by atoms with E-state index in [0.29, 0.717) is 36.4 Å². The summed E-state index contributed by atoms with van der Waals surface area (Å²) in [6, 6.07) is 5.82. The van der Waals surface area contributed by atoms with Crippen molar-refractivity contribution >= 4 is 23.3 Å². The number of nitrogens with one attached hydrogen (secondary N) is 1. The minimum atomic E-state index is -0.395. The van der Waals surface area contributed by atoms with E-state index in [0.717, 1.165) is 38.8 Å². The maximum atomic E-state index is 14.7. The smallest absolute Gasteiger partial charge is 0.298 e. The molecular weight excluding hydrogens is 387 g/mol. The van der Waals surface area contributed by atoms with Gasteiger partial charge in [0.1, 0.15) is 11.6 Å². The molecule has 5 rings (SSSR count). The molecule has 7 nitrogen and oxygen atoms in total. The number of carbonyl (C=O) groups is 1. The molecule has 3 saturated heterocycles. The van der Waals surface area contributed by atoms with E-state index in [1.165, 1.54) is 12.5 Å². The summed E-state index contributed by atoms with van der Waals surface area (Å²) in [6.07, 6.45) is 5.43. The maximum absolute atomic E-state index is 14.7. The van der Waals surface area contributed by atoms with Gasteiger partial charge in [0.25, 0.3) is 11.9 Å². The number of morpholine rings is 1.